The highest BCUT2D eigenvalue weighted by atomic mass is 32.2. The molecule has 2 aromatic rings. The van der Waals surface area contributed by atoms with Crippen molar-refractivity contribution in [2.24, 2.45) is 0 Å². The number of anilines is 1. The maximum atomic E-state index is 13.1. The maximum Gasteiger partial charge on any atom is 0.276 e. The molecule has 2 aromatic carbocycles. The summed E-state index contributed by atoms with van der Waals surface area (Å²) < 4.78 is 39.7. The molecule has 0 radical (unpaired) electrons. The predicted octanol–water partition coefficient (Wildman–Crippen LogP) is 1.36. The van der Waals surface area contributed by atoms with E-state index in [9.17, 15) is 27.7 Å². The van der Waals surface area contributed by atoms with Crippen molar-refractivity contribution in [3.63, 3.8) is 0 Å². The molecule has 0 bridgehead atoms. The second kappa shape index (κ2) is 8.11. The molecule has 1 fully saturated rings. The van der Waals surface area contributed by atoms with Crippen molar-refractivity contribution in [1.82, 2.24) is 9.79 Å². The maximum absolute atomic E-state index is 13.1. The summed E-state index contributed by atoms with van der Waals surface area (Å²) in [5.74, 6) is -1.45. The van der Waals surface area contributed by atoms with Gasteiger partial charge in [-0.05, 0) is 30.3 Å². The first-order valence-corrected chi connectivity index (χ1v) is 9.91. The van der Waals surface area contributed by atoms with Crippen molar-refractivity contribution in [3.8, 4) is 0 Å². The van der Waals surface area contributed by atoms with Crippen molar-refractivity contribution in [2.75, 3.05) is 31.1 Å². The Kier molecular flexibility index (Phi) is 5.77. The number of rotatable bonds is 5. The van der Waals surface area contributed by atoms with E-state index in [1.54, 1.807) is 4.90 Å². The van der Waals surface area contributed by atoms with Gasteiger partial charge in [-0.15, -0.1) is 0 Å². The lowest BCUT2D eigenvalue weighted by Crippen LogP contribution is -2.49. The molecule has 1 saturated heterocycles. The fourth-order valence-corrected chi connectivity index (χ4v) is 4.50. The lowest BCUT2D eigenvalue weighted by atomic mass is 10.1. The van der Waals surface area contributed by atoms with Crippen LogP contribution >= 0.6 is 0 Å². The molecule has 1 amide bonds. The van der Waals surface area contributed by atoms with Gasteiger partial charge in [0.1, 0.15) is 5.82 Å². The number of amides is 1. The summed E-state index contributed by atoms with van der Waals surface area (Å²) in [4.78, 5) is 23.9. The highest BCUT2D eigenvalue weighted by molar-refractivity contribution is 7.89. The van der Waals surface area contributed by atoms with E-state index in [2.05, 4.69) is 0 Å². The van der Waals surface area contributed by atoms with Gasteiger partial charge in [0.15, 0.2) is 0 Å². The zero-order valence-corrected chi connectivity index (χ0v) is 15.8. The van der Waals surface area contributed by atoms with Crippen LogP contribution in [0.5, 0.6) is 0 Å². The minimum absolute atomic E-state index is 0.0250. The van der Waals surface area contributed by atoms with Gasteiger partial charge < -0.3 is 4.90 Å². The summed E-state index contributed by atoms with van der Waals surface area (Å²) in [6.07, 6.45) is 0. The van der Waals surface area contributed by atoms with Crippen molar-refractivity contribution >= 4 is 27.3 Å². The van der Waals surface area contributed by atoms with E-state index >= 15 is 0 Å². The molecule has 1 heterocycles. The summed E-state index contributed by atoms with van der Waals surface area (Å²) in [5.41, 5.74) is 1.38. The van der Waals surface area contributed by atoms with Crippen LogP contribution in [0.4, 0.5) is 15.8 Å². The van der Waals surface area contributed by atoms with Crippen molar-refractivity contribution < 1.29 is 27.7 Å². The Morgan fingerprint density at radius 2 is 1.72 bits per heavy atom. The highest BCUT2D eigenvalue weighted by Crippen LogP contribution is 2.28. The van der Waals surface area contributed by atoms with Gasteiger partial charge in [-0.25, -0.2) is 18.3 Å². The number of hydroxylamine groups is 1. The molecule has 10 nitrogen and oxygen atoms in total. The SMILES string of the molecule is O=C(NO)c1cc([N+](=O)[O-])ccc1N1CCN(S(=O)(=O)c2ccc(F)cc2)CC1. The van der Waals surface area contributed by atoms with Crippen molar-refractivity contribution in [3.05, 3.63) is 64.0 Å². The largest absolute Gasteiger partial charge is 0.368 e. The first-order chi connectivity index (χ1) is 13.7. The molecule has 0 atom stereocenters. The zero-order valence-electron chi connectivity index (χ0n) is 15.0. The van der Waals surface area contributed by atoms with Crippen LogP contribution in [0.15, 0.2) is 47.4 Å². The molecule has 0 unspecified atom stereocenters. The number of nitrogens with one attached hydrogen (secondary N) is 1. The van der Waals surface area contributed by atoms with Crippen molar-refractivity contribution in [1.29, 1.82) is 0 Å². The second-order valence-electron chi connectivity index (χ2n) is 6.24. The number of halogens is 1. The average molecular weight is 424 g/mol. The third kappa shape index (κ3) is 4.18. The van der Waals surface area contributed by atoms with Gasteiger partial charge in [0, 0.05) is 38.3 Å². The fourth-order valence-electron chi connectivity index (χ4n) is 3.08. The van der Waals surface area contributed by atoms with Crippen LogP contribution in [-0.4, -0.2) is 54.9 Å². The van der Waals surface area contributed by atoms with E-state index in [1.807, 2.05) is 0 Å². The number of nitro benzene ring substituents is 1. The molecule has 0 aliphatic carbocycles. The number of carbonyl (C=O) groups excluding carboxylic acids is 1. The third-order valence-electron chi connectivity index (χ3n) is 4.57. The Hall–Kier alpha value is -3.09. The van der Waals surface area contributed by atoms with E-state index in [4.69, 9.17) is 5.21 Å². The molecule has 2 N–H and O–H groups in total. The molecule has 0 aromatic heterocycles. The van der Waals surface area contributed by atoms with Gasteiger partial charge in [-0.3, -0.25) is 20.1 Å². The van der Waals surface area contributed by atoms with Crippen LogP contribution in [-0.2, 0) is 10.0 Å². The van der Waals surface area contributed by atoms with Gasteiger partial charge in [0.25, 0.3) is 11.6 Å². The van der Waals surface area contributed by atoms with E-state index < -0.39 is 26.7 Å². The van der Waals surface area contributed by atoms with Gasteiger partial charge in [-0.2, -0.15) is 4.31 Å². The standard InChI is InChI=1S/C17H17FN4O6S/c18-12-1-4-14(5-2-12)29(27,28)21-9-7-20(8-10-21)16-6-3-13(22(25)26)11-15(16)17(23)19-24/h1-6,11,24H,7-10H2,(H,19,23). The lowest BCUT2D eigenvalue weighted by molar-refractivity contribution is -0.384. The number of nitro groups is 1. The minimum atomic E-state index is -3.80. The van der Waals surface area contributed by atoms with E-state index in [-0.39, 0.29) is 42.3 Å². The Labute approximate surface area is 165 Å². The number of benzene rings is 2. The van der Waals surface area contributed by atoms with Crippen LogP contribution in [0.25, 0.3) is 0 Å². The van der Waals surface area contributed by atoms with Crippen molar-refractivity contribution in [2.45, 2.75) is 4.90 Å². The minimum Gasteiger partial charge on any atom is -0.368 e. The van der Waals surface area contributed by atoms with E-state index in [1.165, 1.54) is 34.1 Å². The summed E-state index contributed by atoms with van der Waals surface area (Å²) >= 11 is 0. The molecular weight excluding hydrogens is 407 g/mol. The van der Waals surface area contributed by atoms with Crippen LogP contribution < -0.4 is 10.4 Å². The van der Waals surface area contributed by atoms with Crippen LogP contribution in [0.3, 0.4) is 0 Å². The number of hydrogen-bond acceptors (Lipinski definition) is 7. The van der Waals surface area contributed by atoms with E-state index in [0.29, 0.717) is 5.69 Å². The smallest absolute Gasteiger partial charge is 0.276 e. The molecule has 3 rings (SSSR count). The summed E-state index contributed by atoms with van der Waals surface area (Å²) in [6, 6.07) is 8.17. The number of carbonyl (C=O) groups is 1. The number of nitrogens with zero attached hydrogens (tertiary/aromatic N) is 3. The number of piperazine rings is 1. The molecule has 154 valence electrons. The molecule has 1 aliphatic rings. The molecule has 12 heteroatoms. The number of hydrogen-bond donors (Lipinski definition) is 2. The molecule has 0 spiro atoms. The fraction of sp³-hybridized carbons (Fsp3) is 0.235. The predicted molar refractivity (Wildman–Crippen MR) is 99.7 cm³/mol. The number of non-ortho nitro benzene ring substituents is 1. The van der Waals surface area contributed by atoms with E-state index in [0.717, 1.165) is 18.2 Å². The number of sulfonamides is 1. The second-order valence-corrected chi connectivity index (χ2v) is 8.18. The van der Waals surface area contributed by atoms with Gasteiger partial charge in [-0.1, -0.05) is 0 Å². The lowest BCUT2D eigenvalue weighted by Gasteiger charge is -2.36. The summed E-state index contributed by atoms with van der Waals surface area (Å²) in [6.45, 7) is 0.613. The topological polar surface area (TPSA) is 133 Å². The first-order valence-electron chi connectivity index (χ1n) is 8.47. The van der Waals surface area contributed by atoms with Crippen LogP contribution in [0, 0.1) is 15.9 Å². The molecule has 29 heavy (non-hydrogen) atoms. The zero-order chi connectivity index (χ0) is 21.2. The molecular formula is C17H17FN4O6S. The normalized spacial score (nSPS) is 15.2. The van der Waals surface area contributed by atoms with Crippen LogP contribution in [0.2, 0.25) is 0 Å². The molecule has 0 saturated carbocycles. The Morgan fingerprint density at radius 1 is 1.10 bits per heavy atom. The Bertz CT molecular complexity index is 1040. The quantitative estimate of drug-likeness (QED) is 0.421. The highest BCUT2D eigenvalue weighted by Gasteiger charge is 2.30. The summed E-state index contributed by atoms with van der Waals surface area (Å²) in [5, 5.41) is 19.9. The van der Waals surface area contributed by atoms with Gasteiger partial charge in [0.05, 0.1) is 21.1 Å². The molecule has 1 aliphatic heterocycles. The summed E-state index contributed by atoms with van der Waals surface area (Å²) in [7, 11) is -3.80. The van der Waals surface area contributed by atoms with Crippen LogP contribution in [0.1, 0.15) is 10.4 Å². The van der Waals surface area contributed by atoms with Gasteiger partial charge in [0.2, 0.25) is 10.0 Å². The van der Waals surface area contributed by atoms with Gasteiger partial charge >= 0.3 is 0 Å². The first kappa shape index (κ1) is 20.6. The average Bonchev–Trinajstić information content (AvgIpc) is 2.73. The third-order valence-corrected chi connectivity index (χ3v) is 6.48. The Morgan fingerprint density at radius 3 is 2.28 bits per heavy atom. The Balaban J connectivity index is 1.81. The monoisotopic (exact) mass is 424 g/mol.